The van der Waals surface area contributed by atoms with Gasteiger partial charge in [-0.1, -0.05) is 97.1 Å². The van der Waals surface area contributed by atoms with E-state index in [9.17, 15) is 0 Å². The molecule has 2 heterocycles. The maximum absolute atomic E-state index is 6.74. The predicted octanol–water partition coefficient (Wildman–Crippen LogP) is 8.70. The number of rotatable bonds is 1. The van der Waals surface area contributed by atoms with Gasteiger partial charge in [0, 0.05) is 25.7 Å². The highest BCUT2D eigenvalue weighted by molar-refractivity contribution is 7.26. The highest BCUT2D eigenvalue weighted by Crippen LogP contribution is 2.64. The average Bonchev–Trinajstić information content (AvgIpc) is 3.65. The van der Waals surface area contributed by atoms with Crippen molar-refractivity contribution < 1.29 is 9.31 Å². The van der Waals surface area contributed by atoms with Crippen LogP contribution in [0.2, 0.25) is 0 Å². The molecule has 1 unspecified atom stereocenters. The standard InChI is InChI=1S/C37H29BO2S/c1-35(2)36(3,4)40-38(39-35)30-18-11-15-24-22-12-5-8-16-27(22)37(33(24)30)28-17-9-6-14-26(28)32-29(37)21-20-25-23-13-7-10-19-31(23)41-34(25)32/h5-21H,1-4H3. The third-order valence-corrected chi connectivity index (χ3v) is 11.4. The van der Waals surface area contributed by atoms with Crippen LogP contribution in [0.3, 0.4) is 0 Å². The first-order valence-corrected chi connectivity index (χ1v) is 15.3. The van der Waals surface area contributed by atoms with Crippen LogP contribution < -0.4 is 5.46 Å². The summed E-state index contributed by atoms with van der Waals surface area (Å²) in [5.74, 6) is 0. The lowest BCUT2D eigenvalue weighted by molar-refractivity contribution is 0.00578. The molecule has 41 heavy (non-hydrogen) atoms. The zero-order valence-corrected chi connectivity index (χ0v) is 24.4. The Bertz CT molecular complexity index is 2070. The van der Waals surface area contributed by atoms with Gasteiger partial charge in [0.05, 0.1) is 16.6 Å². The van der Waals surface area contributed by atoms with Gasteiger partial charge >= 0.3 is 7.12 Å². The van der Waals surface area contributed by atoms with Gasteiger partial charge in [-0.05, 0) is 78.2 Å². The largest absolute Gasteiger partial charge is 0.495 e. The van der Waals surface area contributed by atoms with Crippen molar-refractivity contribution in [3.05, 3.63) is 125 Å². The summed E-state index contributed by atoms with van der Waals surface area (Å²) in [4.78, 5) is 0. The van der Waals surface area contributed by atoms with E-state index in [0.29, 0.717) is 0 Å². The highest BCUT2D eigenvalue weighted by atomic mass is 32.1. The molecule has 0 radical (unpaired) electrons. The average molecular weight is 549 g/mol. The predicted molar refractivity (Wildman–Crippen MR) is 171 cm³/mol. The van der Waals surface area contributed by atoms with E-state index in [2.05, 4.69) is 131 Å². The first-order chi connectivity index (χ1) is 19.8. The summed E-state index contributed by atoms with van der Waals surface area (Å²) in [7, 11) is -0.453. The molecule has 2 nitrogen and oxygen atoms in total. The minimum Gasteiger partial charge on any atom is -0.399 e. The molecular formula is C37H29BO2S. The molecule has 1 saturated heterocycles. The molecule has 198 valence electrons. The van der Waals surface area contributed by atoms with E-state index in [1.165, 1.54) is 64.7 Å². The minimum atomic E-state index is -0.456. The van der Waals surface area contributed by atoms with E-state index < -0.39 is 23.7 Å². The third kappa shape index (κ3) is 2.81. The Morgan fingerprint density at radius 2 is 1.20 bits per heavy atom. The summed E-state index contributed by atoms with van der Waals surface area (Å²) >= 11 is 1.91. The number of benzene rings is 5. The molecular weight excluding hydrogens is 519 g/mol. The van der Waals surface area contributed by atoms with Crippen molar-refractivity contribution in [1.82, 2.24) is 0 Å². The summed E-state index contributed by atoms with van der Waals surface area (Å²) in [6.07, 6.45) is 0. The van der Waals surface area contributed by atoms with Crippen LogP contribution in [0.15, 0.2) is 103 Å². The van der Waals surface area contributed by atoms with E-state index in [4.69, 9.17) is 9.31 Å². The van der Waals surface area contributed by atoms with Gasteiger partial charge in [-0.2, -0.15) is 0 Å². The normalized spacial score (nSPS) is 20.9. The van der Waals surface area contributed by atoms with Gasteiger partial charge < -0.3 is 9.31 Å². The number of hydrogen-bond donors (Lipinski definition) is 0. The molecule has 1 aliphatic heterocycles. The smallest absolute Gasteiger partial charge is 0.399 e. The Morgan fingerprint density at radius 1 is 0.561 bits per heavy atom. The summed E-state index contributed by atoms with van der Waals surface area (Å²) in [5.41, 5.74) is 10.4. The van der Waals surface area contributed by atoms with Crippen LogP contribution in [0.1, 0.15) is 49.9 Å². The first-order valence-electron chi connectivity index (χ1n) is 14.5. The van der Waals surface area contributed by atoms with Crippen LogP contribution >= 0.6 is 11.3 Å². The maximum Gasteiger partial charge on any atom is 0.495 e. The molecule has 0 saturated carbocycles. The molecule has 0 amide bonds. The van der Waals surface area contributed by atoms with Crippen molar-refractivity contribution in [1.29, 1.82) is 0 Å². The van der Waals surface area contributed by atoms with E-state index in [1.807, 2.05) is 11.3 Å². The SMILES string of the molecule is CC1(C)OB(c2cccc3c2C2(c4ccccc4-3)c3ccccc3-c3c2ccc2c3sc3ccccc32)OC1(C)C. The third-order valence-electron chi connectivity index (χ3n) is 10.2. The van der Waals surface area contributed by atoms with Gasteiger partial charge in [-0.25, -0.2) is 0 Å². The molecule has 6 aromatic rings. The molecule has 1 spiro atoms. The maximum atomic E-state index is 6.74. The second-order valence-electron chi connectivity index (χ2n) is 12.7. The summed E-state index contributed by atoms with van der Waals surface area (Å²) in [5, 5.41) is 2.67. The molecule has 9 rings (SSSR count). The first kappa shape index (κ1) is 24.0. The van der Waals surface area contributed by atoms with Gasteiger partial charge in [-0.15, -0.1) is 11.3 Å². The quantitative estimate of drug-likeness (QED) is 0.191. The van der Waals surface area contributed by atoms with Crippen molar-refractivity contribution >= 4 is 44.1 Å². The van der Waals surface area contributed by atoms with E-state index in [0.717, 1.165) is 5.46 Å². The lowest BCUT2D eigenvalue weighted by atomic mass is 9.63. The van der Waals surface area contributed by atoms with E-state index >= 15 is 0 Å². The van der Waals surface area contributed by atoms with Crippen LogP contribution in [0.5, 0.6) is 0 Å². The minimum absolute atomic E-state index is 0.423. The van der Waals surface area contributed by atoms with Crippen LogP contribution in [-0.2, 0) is 14.7 Å². The molecule has 0 N–H and O–H groups in total. The molecule has 5 aromatic carbocycles. The van der Waals surface area contributed by atoms with Gasteiger partial charge in [0.15, 0.2) is 0 Å². The Morgan fingerprint density at radius 3 is 1.98 bits per heavy atom. The zero-order valence-electron chi connectivity index (χ0n) is 23.6. The second-order valence-corrected chi connectivity index (χ2v) is 13.7. The Kier molecular flexibility index (Phi) is 4.54. The lowest BCUT2D eigenvalue weighted by Gasteiger charge is -2.32. The number of fused-ring (bicyclic) bond motifs is 14. The molecule has 1 fully saturated rings. The Labute approximate surface area is 244 Å². The van der Waals surface area contributed by atoms with E-state index in [1.54, 1.807) is 0 Å². The Balaban J connectivity index is 1.43. The van der Waals surface area contributed by atoms with Crippen molar-refractivity contribution in [3.63, 3.8) is 0 Å². The van der Waals surface area contributed by atoms with Crippen molar-refractivity contribution in [2.45, 2.75) is 44.3 Å². The Hall–Kier alpha value is -3.70. The summed E-state index contributed by atoms with van der Waals surface area (Å²) < 4.78 is 16.2. The second kappa shape index (κ2) is 7.77. The van der Waals surface area contributed by atoms with Crippen molar-refractivity contribution in [2.75, 3.05) is 0 Å². The van der Waals surface area contributed by atoms with E-state index in [-0.39, 0.29) is 0 Å². The number of hydrogen-bond acceptors (Lipinski definition) is 3. The highest BCUT2D eigenvalue weighted by Gasteiger charge is 2.57. The summed E-state index contributed by atoms with van der Waals surface area (Å²) in [6, 6.07) is 38.3. The monoisotopic (exact) mass is 548 g/mol. The van der Waals surface area contributed by atoms with Crippen molar-refractivity contribution in [2.24, 2.45) is 0 Å². The molecule has 0 bridgehead atoms. The van der Waals surface area contributed by atoms with Crippen LogP contribution in [0.4, 0.5) is 0 Å². The number of thiophene rings is 1. The van der Waals surface area contributed by atoms with Gasteiger partial charge in [0.1, 0.15) is 0 Å². The summed E-state index contributed by atoms with van der Waals surface area (Å²) in [6.45, 7) is 8.55. The van der Waals surface area contributed by atoms with Crippen LogP contribution in [-0.4, -0.2) is 18.3 Å². The fraction of sp³-hybridized carbons (Fsp3) is 0.189. The van der Waals surface area contributed by atoms with Crippen molar-refractivity contribution in [3.8, 4) is 22.3 Å². The fourth-order valence-electron chi connectivity index (χ4n) is 7.66. The lowest BCUT2D eigenvalue weighted by Crippen LogP contribution is -2.42. The molecule has 4 heteroatoms. The van der Waals surface area contributed by atoms with Crippen LogP contribution in [0.25, 0.3) is 42.4 Å². The fourth-order valence-corrected chi connectivity index (χ4v) is 8.93. The zero-order chi connectivity index (χ0) is 27.7. The molecule has 2 aliphatic carbocycles. The molecule has 3 aliphatic rings. The van der Waals surface area contributed by atoms with Gasteiger partial charge in [0.25, 0.3) is 0 Å². The van der Waals surface area contributed by atoms with Gasteiger partial charge in [-0.3, -0.25) is 0 Å². The molecule has 1 aromatic heterocycles. The van der Waals surface area contributed by atoms with Gasteiger partial charge in [0.2, 0.25) is 0 Å². The van der Waals surface area contributed by atoms with Crippen LogP contribution in [0, 0.1) is 0 Å². The molecule has 1 atom stereocenters. The topological polar surface area (TPSA) is 18.5 Å².